The van der Waals surface area contributed by atoms with Gasteiger partial charge in [0.05, 0.1) is 11.1 Å². The number of hydrogen-bond acceptors (Lipinski definition) is 4. The van der Waals surface area contributed by atoms with Gasteiger partial charge in [0.15, 0.2) is 5.78 Å². The molecule has 7 heteroatoms. The number of hydrogen-bond donors (Lipinski definition) is 1. The van der Waals surface area contributed by atoms with Gasteiger partial charge in [-0.3, -0.25) is 24.1 Å². The van der Waals surface area contributed by atoms with Gasteiger partial charge in [0.2, 0.25) is 5.91 Å². The van der Waals surface area contributed by atoms with E-state index in [1.807, 2.05) is 12.1 Å². The van der Waals surface area contributed by atoms with Crippen LogP contribution in [0.15, 0.2) is 59.2 Å². The highest BCUT2D eigenvalue weighted by Crippen LogP contribution is 2.29. The molecule has 1 fully saturated rings. The number of fused-ring (bicyclic) bond motifs is 1. The Bertz CT molecular complexity index is 1090. The molecule has 0 radical (unpaired) electrons. The molecular formula is C23H19BrN2O4. The van der Waals surface area contributed by atoms with E-state index in [2.05, 4.69) is 27.8 Å². The molecule has 4 rings (SSSR count). The summed E-state index contributed by atoms with van der Waals surface area (Å²) in [5.41, 5.74) is 2.59. The second-order valence-corrected chi connectivity index (χ2v) is 8.35. The largest absolute Gasteiger partial charge is 0.329 e. The molecule has 2 aliphatic rings. The van der Waals surface area contributed by atoms with Gasteiger partial charge >= 0.3 is 0 Å². The van der Waals surface area contributed by atoms with E-state index in [0.29, 0.717) is 42.5 Å². The first-order valence-corrected chi connectivity index (χ1v) is 10.4. The number of amides is 3. The van der Waals surface area contributed by atoms with E-state index < -0.39 is 17.9 Å². The SMILES string of the molecule is C=C1CCC(N2C(=O)c3ccc(CCC(=O)c4ccc(Br)cc4)cc3C2=O)C(=O)N1. The lowest BCUT2D eigenvalue weighted by atomic mass is 9.99. The van der Waals surface area contributed by atoms with Crippen LogP contribution in [0.3, 0.4) is 0 Å². The van der Waals surface area contributed by atoms with Gasteiger partial charge in [0.1, 0.15) is 6.04 Å². The number of allylic oxidation sites excluding steroid dienone is 1. The molecule has 1 saturated heterocycles. The third-order valence-electron chi connectivity index (χ3n) is 5.42. The number of benzene rings is 2. The Morgan fingerprint density at radius 2 is 1.77 bits per heavy atom. The number of nitrogens with one attached hydrogen (secondary N) is 1. The van der Waals surface area contributed by atoms with Crippen LogP contribution >= 0.6 is 15.9 Å². The van der Waals surface area contributed by atoms with E-state index in [0.717, 1.165) is 14.9 Å². The monoisotopic (exact) mass is 466 g/mol. The van der Waals surface area contributed by atoms with E-state index in [1.54, 1.807) is 30.3 Å². The summed E-state index contributed by atoms with van der Waals surface area (Å²) in [5.74, 6) is -1.31. The van der Waals surface area contributed by atoms with Crippen LogP contribution in [0.2, 0.25) is 0 Å². The van der Waals surface area contributed by atoms with Crippen molar-refractivity contribution in [3.8, 4) is 0 Å². The van der Waals surface area contributed by atoms with Crippen LogP contribution in [0.25, 0.3) is 0 Å². The predicted octanol–water partition coefficient (Wildman–Crippen LogP) is 3.65. The van der Waals surface area contributed by atoms with Crippen molar-refractivity contribution >= 4 is 39.4 Å². The lowest BCUT2D eigenvalue weighted by molar-refractivity contribution is -0.125. The van der Waals surface area contributed by atoms with Crippen LogP contribution in [0.5, 0.6) is 0 Å². The van der Waals surface area contributed by atoms with Crippen molar-refractivity contribution in [2.75, 3.05) is 0 Å². The van der Waals surface area contributed by atoms with Crippen molar-refractivity contribution < 1.29 is 19.2 Å². The molecule has 30 heavy (non-hydrogen) atoms. The summed E-state index contributed by atoms with van der Waals surface area (Å²) < 4.78 is 0.904. The Morgan fingerprint density at radius 3 is 2.47 bits per heavy atom. The normalized spacial score (nSPS) is 18.4. The summed E-state index contributed by atoms with van der Waals surface area (Å²) in [6.45, 7) is 3.73. The molecule has 1 N–H and O–H groups in total. The molecule has 0 bridgehead atoms. The topological polar surface area (TPSA) is 83.6 Å². The van der Waals surface area contributed by atoms with Crippen LogP contribution in [0.1, 0.15) is 55.9 Å². The minimum absolute atomic E-state index is 0.00568. The van der Waals surface area contributed by atoms with Crippen molar-refractivity contribution in [1.82, 2.24) is 10.2 Å². The third-order valence-corrected chi connectivity index (χ3v) is 5.95. The minimum atomic E-state index is -0.828. The highest BCUT2D eigenvalue weighted by Gasteiger charge is 2.43. The summed E-state index contributed by atoms with van der Waals surface area (Å²) in [4.78, 5) is 51.4. The molecule has 0 aliphatic carbocycles. The maximum absolute atomic E-state index is 12.9. The molecule has 0 aromatic heterocycles. The van der Waals surface area contributed by atoms with Gasteiger partial charge in [0.25, 0.3) is 11.8 Å². The maximum Gasteiger partial charge on any atom is 0.262 e. The number of ketones is 1. The lowest BCUT2D eigenvalue weighted by Crippen LogP contribution is -2.51. The van der Waals surface area contributed by atoms with Crippen LogP contribution in [0, 0.1) is 0 Å². The first kappa shape index (κ1) is 20.2. The number of piperidine rings is 1. The molecule has 1 atom stereocenters. The van der Waals surface area contributed by atoms with Gasteiger partial charge in [-0.1, -0.05) is 40.7 Å². The van der Waals surface area contributed by atoms with Gasteiger partial charge in [-0.05, 0) is 49.1 Å². The van der Waals surface area contributed by atoms with Crippen LogP contribution in [0.4, 0.5) is 0 Å². The number of rotatable bonds is 5. The number of halogens is 1. The zero-order chi connectivity index (χ0) is 21.4. The van der Waals surface area contributed by atoms with Crippen LogP contribution in [-0.4, -0.2) is 34.4 Å². The van der Waals surface area contributed by atoms with Crippen LogP contribution < -0.4 is 5.32 Å². The van der Waals surface area contributed by atoms with Crippen molar-refractivity contribution in [2.24, 2.45) is 0 Å². The Hall–Kier alpha value is -3.06. The molecule has 2 aliphatic heterocycles. The summed E-state index contributed by atoms with van der Waals surface area (Å²) in [7, 11) is 0. The highest BCUT2D eigenvalue weighted by molar-refractivity contribution is 9.10. The average molecular weight is 467 g/mol. The molecule has 0 spiro atoms. The molecule has 6 nitrogen and oxygen atoms in total. The minimum Gasteiger partial charge on any atom is -0.329 e. The first-order chi connectivity index (χ1) is 14.3. The number of Topliss-reactive ketones (excluding diaryl/α,β-unsaturated/α-hetero) is 1. The van der Waals surface area contributed by atoms with E-state index in [1.165, 1.54) is 0 Å². The van der Waals surface area contributed by atoms with Gasteiger partial charge in [-0.2, -0.15) is 0 Å². The molecular weight excluding hydrogens is 448 g/mol. The maximum atomic E-state index is 12.9. The second-order valence-electron chi connectivity index (χ2n) is 7.44. The average Bonchev–Trinajstić information content (AvgIpc) is 2.97. The summed E-state index contributed by atoms with van der Waals surface area (Å²) in [6, 6.07) is 11.4. The highest BCUT2D eigenvalue weighted by atomic mass is 79.9. The second kappa shape index (κ2) is 7.99. The Labute approximate surface area is 182 Å². The molecule has 1 unspecified atom stereocenters. The van der Waals surface area contributed by atoms with Gasteiger partial charge in [-0.25, -0.2) is 0 Å². The predicted molar refractivity (Wildman–Crippen MR) is 114 cm³/mol. The summed E-state index contributed by atoms with van der Waals surface area (Å²) in [5, 5.41) is 2.62. The Balaban J connectivity index is 1.49. The van der Waals surface area contributed by atoms with Crippen molar-refractivity contribution in [3.63, 3.8) is 0 Å². The molecule has 2 aromatic carbocycles. The number of imide groups is 1. The van der Waals surface area contributed by atoms with Crippen LogP contribution in [-0.2, 0) is 11.2 Å². The molecule has 3 amide bonds. The fourth-order valence-electron chi connectivity index (χ4n) is 3.79. The summed E-state index contributed by atoms with van der Waals surface area (Å²) >= 11 is 3.35. The number of carbonyl (C=O) groups excluding carboxylic acids is 4. The molecule has 152 valence electrons. The molecule has 2 heterocycles. The molecule has 2 aromatic rings. The van der Waals surface area contributed by atoms with E-state index >= 15 is 0 Å². The smallest absolute Gasteiger partial charge is 0.262 e. The molecule has 0 saturated carbocycles. The number of carbonyl (C=O) groups is 4. The van der Waals surface area contributed by atoms with E-state index in [9.17, 15) is 19.2 Å². The fraction of sp³-hybridized carbons (Fsp3) is 0.217. The third kappa shape index (κ3) is 3.73. The van der Waals surface area contributed by atoms with Crippen molar-refractivity contribution in [1.29, 1.82) is 0 Å². The number of nitrogens with zero attached hydrogens (tertiary/aromatic N) is 1. The standard InChI is InChI=1S/C23H19BrN2O4/c1-13-2-10-19(21(28)25-13)26-22(29)17-9-3-14(12-18(17)23(26)30)4-11-20(27)15-5-7-16(24)8-6-15/h3,5-9,12,19H,1-2,4,10-11H2,(H,25,28). The fourth-order valence-corrected chi connectivity index (χ4v) is 4.06. The first-order valence-electron chi connectivity index (χ1n) is 9.63. The quantitative estimate of drug-likeness (QED) is 0.538. The lowest BCUT2D eigenvalue weighted by Gasteiger charge is -2.29. The van der Waals surface area contributed by atoms with E-state index in [-0.39, 0.29) is 17.3 Å². The number of aryl methyl sites for hydroxylation is 1. The Morgan fingerprint density at radius 1 is 1.07 bits per heavy atom. The zero-order valence-electron chi connectivity index (χ0n) is 16.1. The van der Waals surface area contributed by atoms with E-state index in [4.69, 9.17) is 0 Å². The van der Waals surface area contributed by atoms with Gasteiger partial charge in [-0.15, -0.1) is 0 Å². The van der Waals surface area contributed by atoms with Crippen molar-refractivity contribution in [2.45, 2.75) is 31.7 Å². The summed E-state index contributed by atoms with van der Waals surface area (Å²) in [6.07, 6.45) is 1.63. The Kier molecular flexibility index (Phi) is 5.39. The van der Waals surface area contributed by atoms with Gasteiger partial charge in [0, 0.05) is 22.2 Å². The zero-order valence-corrected chi connectivity index (χ0v) is 17.7. The van der Waals surface area contributed by atoms with Gasteiger partial charge < -0.3 is 5.32 Å². The van der Waals surface area contributed by atoms with Crippen molar-refractivity contribution in [3.05, 3.63) is 81.5 Å².